The number of fused-ring (bicyclic) bond motifs is 2. The normalized spacial score (nSPS) is 12.4. The molecule has 0 radical (unpaired) electrons. The van der Waals surface area contributed by atoms with E-state index in [1.54, 1.807) is 18.2 Å². The van der Waals surface area contributed by atoms with Gasteiger partial charge in [-0.05, 0) is 28.8 Å². The van der Waals surface area contributed by atoms with Gasteiger partial charge in [-0.1, -0.05) is 78.9 Å². The van der Waals surface area contributed by atoms with Crippen molar-refractivity contribution in [2.75, 3.05) is 0 Å². The minimum Gasteiger partial charge on any atom is -0.289 e. The van der Waals surface area contributed by atoms with Crippen molar-refractivity contribution < 1.29 is 9.59 Å². The quantitative estimate of drug-likeness (QED) is 0.369. The fourth-order valence-corrected chi connectivity index (χ4v) is 4.34. The SMILES string of the molecule is O=C1c2cccc(-c3ccccc3)c2C(=O)c2c1ccc(S)c2-c1ccccc1. The monoisotopic (exact) mass is 392 g/mol. The number of rotatable bonds is 2. The van der Waals surface area contributed by atoms with Gasteiger partial charge in [-0.15, -0.1) is 12.6 Å². The first-order valence-electron chi connectivity index (χ1n) is 9.36. The summed E-state index contributed by atoms with van der Waals surface area (Å²) in [5.41, 5.74) is 5.05. The molecule has 29 heavy (non-hydrogen) atoms. The molecule has 2 nitrogen and oxygen atoms in total. The number of thiol groups is 1. The predicted octanol–water partition coefficient (Wildman–Crippen LogP) is 6.08. The maximum absolute atomic E-state index is 13.8. The van der Waals surface area contributed by atoms with E-state index in [-0.39, 0.29) is 11.6 Å². The second-order valence-electron chi connectivity index (χ2n) is 7.00. The molecule has 0 aromatic heterocycles. The van der Waals surface area contributed by atoms with Gasteiger partial charge in [-0.3, -0.25) is 9.59 Å². The average molecular weight is 392 g/mol. The van der Waals surface area contributed by atoms with Gasteiger partial charge < -0.3 is 0 Å². The molecule has 4 aromatic carbocycles. The first-order chi connectivity index (χ1) is 14.2. The van der Waals surface area contributed by atoms with Crippen molar-refractivity contribution in [2.24, 2.45) is 0 Å². The molecule has 0 atom stereocenters. The Bertz CT molecular complexity index is 1280. The van der Waals surface area contributed by atoms with Crippen molar-refractivity contribution in [3.63, 3.8) is 0 Å². The highest BCUT2D eigenvalue weighted by Crippen LogP contribution is 2.40. The third kappa shape index (κ3) is 2.74. The van der Waals surface area contributed by atoms with E-state index in [0.717, 1.165) is 16.7 Å². The highest BCUT2D eigenvalue weighted by Gasteiger charge is 2.34. The summed E-state index contributed by atoms with van der Waals surface area (Å²) < 4.78 is 0. The Morgan fingerprint density at radius 3 is 1.72 bits per heavy atom. The fourth-order valence-electron chi connectivity index (χ4n) is 4.03. The first kappa shape index (κ1) is 17.7. The smallest absolute Gasteiger partial charge is 0.195 e. The lowest BCUT2D eigenvalue weighted by molar-refractivity contribution is 0.0980. The zero-order chi connectivity index (χ0) is 20.0. The zero-order valence-corrected chi connectivity index (χ0v) is 16.3. The zero-order valence-electron chi connectivity index (χ0n) is 15.4. The molecule has 5 rings (SSSR count). The fraction of sp³-hybridized carbons (Fsp3) is 0. The van der Waals surface area contributed by atoms with E-state index in [0.29, 0.717) is 32.7 Å². The van der Waals surface area contributed by atoms with Gasteiger partial charge in [-0.25, -0.2) is 0 Å². The number of hydrogen-bond acceptors (Lipinski definition) is 3. The summed E-state index contributed by atoms with van der Waals surface area (Å²) >= 11 is 4.62. The molecule has 1 aliphatic rings. The molecule has 0 heterocycles. The lowest BCUT2D eigenvalue weighted by Gasteiger charge is -2.23. The van der Waals surface area contributed by atoms with Crippen molar-refractivity contribution in [3.8, 4) is 22.3 Å². The molecule has 0 unspecified atom stereocenters. The molecule has 0 N–H and O–H groups in total. The maximum Gasteiger partial charge on any atom is 0.195 e. The van der Waals surface area contributed by atoms with Gasteiger partial charge in [0.1, 0.15) is 0 Å². The molecule has 1 aliphatic carbocycles. The van der Waals surface area contributed by atoms with Crippen molar-refractivity contribution in [1.82, 2.24) is 0 Å². The summed E-state index contributed by atoms with van der Waals surface area (Å²) in [4.78, 5) is 27.8. The van der Waals surface area contributed by atoms with Crippen molar-refractivity contribution >= 4 is 24.2 Å². The van der Waals surface area contributed by atoms with Crippen molar-refractivity contribution in [3.05, 3.63) is 113 Å². The molecule has 3 heteroatoms. The van der Waals surface area contributed by atoms with Gasteiger partial charge in [-0.2, -0.15) is 0 Å². The summed E-state index contributed by atoms with van der Waals surface area (Å²) in [5.74, 6) is -0.262. The van der Waals surface area contributed by atoms with Crippen LogP contribution in [0, 0.1) is 0 Å². The summed E-state index contributed by atoms with van der Waals surface area (Å²) in [5, 5.41) is 0. The van der Waals surface area contributed by atoms with Gasteiger partial charge in [0, 0.05) is 32.7 Å². The standard InChI is InChI=1S/C26H16O2S/c27-25-19-13-7-12-18(16-8-3-1-4-9-16)23(19)26(28)24-20(25)14-15-21(29)22(24)17-10-5-2-6-11-17/h1-15,29H. The lowest BCUT2D eigenvalue weighted by Crippen LogP contribution is -2.23. The molecule has 0 spiro atoms. The minimum absolute atomic E-state index is 0.127. The van der Waals surface area contributed by atoms with Crippen LogP contribution in [-0.4, -0.2) is 11.6 Å². The van der Waals surface area contributed by atoms with E-state index >= 15 is 0 Å². The van der Waals surface area contributed by atoms with E-state index < -0.39 is 0 Å². The van der Waals surface area contributed by atoms with Crippen LogP contribution >= 0.6 is 12.6 Å². The van der Waals surface area contributed by atoms with Crippen LogP contribution in [0.15, 0.2) is 95.9 Å². The lowest BCUT2D eigenvalue weighted by atomic mass is 9.78. The summed E-state index contributed by atoms with van der Waals surface area (Å²) in [6, 6.07) is 28.3. The Morgan fingerprint density at radius 2 is 1.03 bits per heavy atom. The van der Waals surface area contributed by atoms with Gasteiger partial charge in [0.15, 0.2) is 11.6 Å². The Morgan fingerprint density at radius 1 is 0.448 bits per heavy atom. The largest absolute Gasteiger partial charge is 0.289 e. The van der Waals surface area contributed by atoms with Gasteiger partial charge in [0.2, 0.25) is 0 Å². The molecule has 0 saturated carbocycles. The average Bonchev–Trinajstić information content (AvgIpc) is 2.78. The second-order valence-corrected chi connectivity index (χ2v) is 7.48. The first-order valence-corrected chi connectivity index (χ1v) is 9.81. The number of hydrogen-bond donors (Lipinski definition) is 1. The number of benzene rings is 4. The molecule has 0 saturated heterocycles. The van der Waals surface area contributed by atoms with Crippen LogP contribution < -0.4 is 0 Å². The van der Waals surface area contributed by atoms with Crippen LogP contribution in [0.25, 0.3) is 22.3 Å². The van der Waals surface area contributed by atoms with Crippen LogP contribution in [0.5, 0.6) is 0 Å². The van der Waals surface area contributed by atoms with Crippen LogP contribution in [0.2, 0.25) is 0 Å². The Balaban J connectivity index is 1.82. The molecule has 138 valence electrons. The maximum atomic E-state index is 13.8. The highest BCUT2D eigenvalue weighted by atomic mass is 32.1. The topological polar surface area (TPSA) is 34.1 Å². The summed E-state index contributed by atoms with van der Waals surface area (Å²) in [6.45, 7) is 0. The van der Waals surface area contributed by atoms with E-state index in [2.05, 4.69) is 12.6 Å². The van der Waals surface area contributed by atoms with Crippen molar-refractivity contribution in [1.29, 1.82) is 0 Å². The van der Waals surface area contributed by atoms with Crippen LogP contribution in [0.3, 0.4) is 0 Å². The van der Waals surface area contributed by atoms with Gasteiger partial charge in [0.05, 0.1) is 0 Å². The Hall–Kier alpha value is -3.43. The van der Waals surface area contributed by atoms with Crippen LogP contribution in [-0.2, 0) is 0 Å². The van der Waals surface area contributed by atoms with Gasteiger partial charge >= 0.3 is 0 Å². The van der Waals surface area contributed by atoms with E-state index in [1.807, 2.05) is 72.8 Å². The summed E-state index contributed by atoms with van der Waals surface area (Å²) in [6.07, 6.45) is 0. The molecule has 4 aromatic rings. The highest BCUT2D eigenvalue weighted by molar-refractivity contribution is 7.80. The number of carbonyl (C=O) groups is 2. The summed E-state index contributed by atoms with van der Waals surface area (Å²) in [7, 11) is 0. The second kappa shape index (κ2) is 6.87. The third-order valence-corrected chi connectivity index (χ3v) is 5.71. The third-order valence-electron chi connectivity index (χ3n) is 5.34. The van der Waals surface area contributed by atoms with Crippen LogP contribution in [0.1, 0.15) is 31.8 Å². The predicted molar refractivity (Wildman–Crippen MR) is 118 cm³/mol. The van der Waals surface area contributed by atoms with E-state index in [1.165, 1.54) is 0 Å². The molecular formula is C26H16O2S. The van der Waals surface area contributed by atoms with Crippen LogP contribution in [0.4, 0.5) is 0 Å². The molecule has 0 bridgehead atoms. The number of carbonyl (C=O) groups excluding carboxylic acids is 2. The van der Waals surface area contributed by atoms with E-state index in [9.17, 15) is 9.59 Å². The molecule has 0 fully saturated rings. The Kier molecular flexibility index (Phi) is 4.18. The van der Waals surface area contributed by atoms with Gasteiger partial charge in [0.25, 0.3) is 0 Å². The molecular weight excluding hydrogens is 376 g/mol. The molecule has 0 aliphatic heterocycles. The Labute approximate surface area is 174 Å². The van der Waals surface area contributed by atoms with E-state index in [4.69, 9.17) is 0 Å². The minimum atomic E-state index is -0.135. The van der Waals surface area contributed by atoms with Crippen molar-refractivity contribution in [2.45, 2.75) is 4.90 Å². The number of ketones is 2. The molecule has 0 amide bonds.